The minimum atomic E-state index is -0.631. The SMILES string of the molecule is COc1ccc(CNC(=O)COC(=O)c2ccc(Cl)nc2)cc1. The van der Waals surface area contributed by atoms with Crippen molar-refractivity contribution in [2.45, 2.75) is 6.54 Å². The summed E-state index contributed by atoms with van der Waals surface area (Å²) in [7, 11) is 1.58. The molecule has 1 aromatic heterocycles. The zero-order valence-electron chi connectivity index (χ0n) is 12.4. The quantitative estimate of drug-likeness (QED) is 0.647. The van der Waals surface area contributed by atoms with Crippen LogP contribution >= 0.6 is 11.6 Å². The number of carbonyl (C=O) groups is 2. The Balaban J connectivity index is 1.76. The Morgan fingerprint density at radius 1 is 1.17 bits per heavy atom. The second-order valence-corrected chi connectivity index (χ2v) is 4.96. The third kappa shape index (κ3) is 5.27. The van der Waals surface area contributed by atoms with Crippen LogP contribution in [-0.4, -0.2) is 30.6 Å². The van der Waals surface area contributed by atoms with Crippen molar-refractivity contribution in [3.63, 3.8) is 0 Å². The number of carbonyl (C=O) groups excluding carboxylic acids is 2. The number of hydrogen-bond donors (Lipinski definition) is 1. The maximum absolute atomic E-state index is 11.7. The van der Waals surface area contributed by atoms with Crippen LogP contribution in [-0.2, 0) is 16.1 Å². The number of methoxy groups -OCH3 is 1. The molecule has 0 fully saturated rings. The van der Waals surface area contributed by atoms with Crippen molar-refractivity contribution in [2.24, 2.45) is 0 Å². The van der Waals surface area contributed by atoms with Crippen LogP contribution in [0, 0.1) is 0 Å². The zero-order valence-corrected chi connectivity index (χ0v) is 13.2. The summed E-state index contributed by atoms with van der Waals surface area (Å²) in [5.74, 6) is -0.282. The zero-order chi connectivity index (χ0) is 16.7. The second-order valence-electron chi connectivity index (χ2n) is 4.57. The number of pyridine rings is 1. The minimum Gasteiger partial charge on any atom is -0.497 e. The predicted octanol–water partition coefficient (Wildman–Crippen LogP) is 2.22. The van der Waals surface area contributed by atoms with Crippen molar-refractivity contribution in [2.75, 3.05) is 13.7 Å². The molecule has 23 heavy (non-hydrogen) atoms. The molecule has 1 amide bonds. The molecule has 1 N–H and O–H groups in total. The Labute approximate surface area is 138 Å². The van der Waals surface area contributed by atoms with E-state index < -0.39 is 11.9 Å². The minimum absolute atomic E-state index is 0.234. The predicted molar refractivity (Wildman–Crippen MR) is 84.4 cm³/mol. The van der Waals surface area contributed by atoms with Crippen molar-refractivity contribution in [3.05, 3.63) is 58.9 Å². The van der Waals surface area contributed by atoms with Gasteiger partial charge in [-0.3, -0.25) is 4.79 Å². The van der Waals surface area contributed by atoms with E-state index in [1.807, 2.05) is 12.1 Å². The number of rotatable bonds is 6. The summed E-state index contributed by atoms with van der Waals surface area (Å²) < 4.78 is 9.95. The summed E-state index contributed by atoms with van der Waals surface area (Å²) in [6, 6.07) is 10.2. The summed E-state index contributed by atoms with van der Waals surface area (Å²) in [4.78, 5) is 27.2. The fourth-order valence-electron chi connectivity index (χ4n) is 1.71. The molecule has 0 aliphatic heterocycles. The van der Waals surface area contributed by atoms with Crippen molar-refractivity contribution in [1.29, 1.82) is 0 Å². The molecule has 0 aliphatic rings. The van der Waals surface area contributed by atoms with Gasteiger partial charge in [-0.15, -0.1) is 0 Å². The lowest BCUT2D eigenvalue weighted by Gasteiger charge is -2.07. The maximum Gasteiger partial charge on any atom is 0.340 e. The topological polar surface area (TPSA) is 77.5 Å². The van der Waals surface area contributed by atoms with Gasteiger partial charge in [0.25, 0.3) is 5.91 Å². The molecule has 0 aliphatic carbocycles. The van der Waals surface area contributed by atoms with Gasteiger partial charge in [0.2, 0.25) is 0 Å². The van der Waals surface area contributed by atoms with E-state index in [2.05, 4.69) is 10.3 Å². The molecule has 1 aromatic carbocycles. The van der Waals surface area contributed by atoms with Crippen LogP contribution in [0.4, 0.5) is 0 Å². The number of nitrogens with zero attached hydrogens (tertiary/aromatic N) is 1. The van der Waals surface area contributed by atoms with Gasteiger partial charge in [0.15, 0.2) is 6.61 Å². The molecule has 1 heterocycles. The molecule has 6 nitrogen and oxygen atoms in total. The summed E-state index contributed by atoms with van der Waals surface area (Å²) in [6.07, 6.45) is 1.29. The highest BCUT2D eigenvalue weighted by molar-refractivity contribution is 6.29. The summed E-state index contributed by atoms with van der Waals surface area (Å²) in [5, 5.41) is 2.94. The van der Waals surface area contributed by atoms with Crippen LogP contribution in [0.3, 0.4) is 0 Å². The summed E-state index contributed by atoms with van der Waals surface area (Å²) in [6.45, 7) is -0.0273. The van der Waals surface area contributed by atoms with Gasteiger partial charge in [-0.1, -0.05) is 23.7 Å². The van der Waals surface area contributed by atoms with Crippen LogP contribution < -0.4 is 10.1 Å². The molecule has 0 spiro atoms. The van der Waals surface area contributed by atoms with E-state index in [9.17, 15) is 9.59 Å². The highest BCUT2D eigenvalue weighted by Crippen LogP contribution is 2.11. The average molecular weight is 335 g/mol. The molecular formula is C16H15ClN2O4. The van der Waals surface area contributed by atoms with Gasteiger partial charge < -0.3 is 14.8 Å². The van der Waals surface area contributed by atoms with Crippen LogP contribution in [0.1, 0.15) is 15.9 Å². The lowest BCUT2D eigenvalue weighted by atomic mass is 10.2. The van der Waals surface area contributed by atoms with E-state index in [1.165, 1.54) is 18.3 Å². The maximum atomic E-state index is 11.7. The first kappa shape index (κ1) is 16.8. The molecule has 0 unspecified atom stereocenters. The number of aromatic nitrogens is 1. The van der Waals surface area contributed by atoms with Gasteiger partial charge in [0, 0.05) is 12.7 Å². The fourth-order valence-corrected chi connectivity index (χ4v) is 1.82. The lowest BCUT2D eigenvalue weighted by Crippen LogP contribution is -2.28. The Morgan fingerprint density at radius 3 is 2.52 bits per heavy atom. The smallest absolute Gasteiger partial charge is 0.340 e. The Kier molecular flexibility index (Phi) is 5.94. The third-order valence-corrected chi connectivity index (χ3v) is 3.17. The van der Waals surface area contributed by atoms with Gasteiger partial charge >= 0.3 is 5.97 Å². The van der Waals surface area contributed by atoms with Crippen molar-refractivity contribution >= 4 is 23.5 Å². The first-order chi connectivity index (χ1) is 11.1. The van der Waals surface area contributed by atoms with Crippen molar-refractivity contribution < 1.29 is 19.1 Å². The third-order valence-electron chi connectivity index (χ3n) is 2.95. The van der Waals surface area contributed by atoms with E-state index in [0.29, 0.717) is 6.54 Å². The van der Waals surface area contributed by atoms with Crippen LogP contribution in [0.25, 0.3) is 0 Å². The largest absolute Gasteiger partial charge is 0.497 e. The number of nitrogens with one attached hydrogen (secondary N) is 1. The molecule has 0 bridgehead atoms. The Hall–Kier alpha value is -2.60. The van der Waals surface area contributed by atoms with Crippen LogP contribution in [0.2, 0.25) is 5.15 Å². The van der Waals surface area contributed by atoms with Crippen LogP contribution in [0.5, 0.6) is 5.75 Å². The van der Waals surface area contributed by atoms with Gasteiger partial charge in [-0.05, 0) is 29.8 Å². The van der Waals surface area contributed by atoms with E-state index in [0.717, 1.165) is 11.3 Å². The highest BCUT2D eigenvalue weighted by Gasteiger charge is 2.10. The molecule has 0 radical (unpaired) electrons. The van der Waals surface area contributed by atoms with Gasteiger partial charge in [0.1, 0.15) is 10.9 Å². The number of hydrogen-bond acceptors (Lipinski definition) is 5. The van der Waals surface area contributed by atoms with Gasteiger partial charge in [0.05, 0.1) is 12.7 Å². The number of halogens is 1. The molecule has 0 saturated carbocycles. The molecule has 0 saturated heterocycles. The molecular weight excluding hydrogens is 320 g/mol. The molecule has 0 atom stereocenters. The molecule has 7 heteroatoms. The number of ether oxygens (including phenoxy) is 2. The highest BCUT2D eigenvalue weighted by atomic mass is 35.5. The first-order valence-electron chi connectivity index (χ1n) is 6.77. The summed E-state index contributed by atoms with van der Waals surface area (Å²) >= 11 is 5.63. The van der Waals surface area contributed by atoms with E-state index >= 15 is 0 Å². The Morgan fingerprint density at radius 2 is 1.91 bits per heavy atom. The monoisotopic (exact) mass is 334 g/mol. The van der Waals surface area contributed by atoms with E-state index in [4.69, 9.17) is 21.1 Å². The standard InChI is InChI=1S/C16H15ClN2O4/c1-22-13-5-2-11(3-6-13)8-19-15(20)10-23-16(21)12-4-7-14(17)18-9-12/h2-7,9H,8,10H2,1H3,(H,19,20). The number of esters is 1. The first-order valence-corrected chi connectivity index (χ1v) is 7.14. The Bertz CT molecular complexity index is 671. The van der Waals surface area contributed by atoms with Crippen molar-refractivity contribution in [1.82, 2.24) is 10.3 Å². The molecule has 2 aromatic rings. The molecule has 2 rings (SSSR count). The normalized spacial score (nSPS) is 10.0. The average Bonchev–Trinajstić information content (AvgIpc) is 2.59. The van der Waals surface area contributed by atoms with Gasteiger partial charge in [-0.25, -0.2) is 9.78 Å². The van der Waals surface area contributed by atoms with Crippen molar-refractivity contribution in [3.8, 4) is 5.75 Å². The van der Waals surface area contributed by atoms with E-state index in [1.54, 1.807) is 19.2 Å². The fraction of sp³-hybridized carbons (Fsp3) is 0.188. The van der Waals surface area contributed by atoms with Gasteiger partial charge in [-0.2, -0.15) is 0 Å². The summed E-state index contributed by atoms with van der Waals surface area (Å²) in [5.41, 5.74) is 1.14. The number of benzene rings is 1. The molecule has 120 valence electrons. The second kappa shape index (κ2) is 8.14. The number of amides is 1. The van der Waals surface area contributed by atoms with Crippen LogP contribution in [0.15, 0.2) is 42.6 Å². The van der Waals surface area contributed by atoms with E-state index in [-0.39, 0.29) is 17.3 Å². The lowest BCUT2D eigenvalue weighted by molar-refractivity contribution is -0.124.